The minimum absolute atomic E-state index is 0.131. The van der Waals surface area contributed by atoms with Gasteiger partial charge in [0.1, 0.15) is 11.6 Å². The number of alkyl halides is 3. The number of nitrogens with one attached hydrogen (secondary N) is 1. The normalized spacial score (nSPS) is 11.5. The fraction of sp³-hybridized carbons (Fsp3) is 0.500. The number of rotatable bonds is 4. The maximum atomic E-state index is 12.4. The van der Waals surface area contributed by atoms with Crippen LogP contribution in [0.1, 0.15) is 25.3 Å². The van der Waals surface area contributed by atoms with Gasteiger partial charge in [0.25, 0.3) is 0 Å². The molecule has 1 aromatic heterocycles. The molecule has 0 aliphatic heterocycles. The topological polar surface area (TPSA) is 50.9 Å². The summed E-state index contributed by atoms with van der Waals surface area (Å²) < 4.78 is 37.3. The lowest BCUT2D eigenvalue weighted by Gasteiger charge is -2.10. The molecule has 0 atom stereocenters. The first-order valence-electron chi connectivity index (χ1n) is 5.02. The fourth-order valence-corrected chi connectivity index (χ4v) is 1.20. The molecule has 0 saturated heterocycles. The second kappa shape index (κ2) is 5.05. The Labute approximate surface area is 91.9 Å². The average Bonchev–Trinajstić information content (AvgIpc) is 2.16. The van der Waals surface area contributed by atoms with Crippen LogP contribution in [0.3, 0.4) is 0 Å². The third-order valence-electron chi connectivity index (χ3n) is 2.01. The van der Waals surface area contributed by atoms with Crippen LogP contribution in [0.2, 0.25) is 0 Å². The Bertz CT molecular complexity index is 350. The van der Waals surface area contributed by atoms with E-state index < -0.39 is 11.7 Å². The van der Waals surface area contributed by atoms with Gasteiger partial charge in [-0.3, -0.25) is 0 Å². The molecule has 1 rings (SSSR count). The molecule has 1 heterocycles. The molecule has 1 aromatic rings. The Morgan fingerprint density at radius 3 is 2.62 bits per heavy atom. The zero-order valence-corrected chi connectivity index (χ0v) is 8.93. The van der Waals surface area contributed by atoms with Gasteiger partial charge in [-0.25, -0.2) is 4.98 Å². The minimum atomic E-state index is -4.39. The third kappa shape index (κ3) is 3.60. The largest absolute Gasteiger partial charge is 0.416 e. The maximum absolute atomic E-state index is 12.4. The molecule has 16 heavy (non-hydrogen) atoms. The zero-order chi connectivity index (χ0) is 12.2. The van der Waals surface area contributed by atoms with Crippen LogP contribution in [0.5, 0.6) is 0 Å². The Morgan fingerprint density at radius 2 is 2.06 bits per heavy atom. The van der Waals surface area contributed by atoms with Gasteiger partial charge in [-0.15, -0.1) is 0 Å². The standard InChI is InChI=1S/C10H14F3N3/c1-2-3-4-15-9-6-7(10(11,12)13)5-8(14)16-9/h5-6H,2-4H2,1H3,(H3,14,15,16). The average molecular weight is 233 g/mol. The number of pyridine rings is 1. The Morgan fingerprint density at radius 1 is 1.38 bits per heavy atom. The quantitative estimate of drug-likeness (QED) is 0.786. The van der Waals surface area contributed by atoms with E-state index in [1.807, 2.05) is 6.92 Å². The van der Waals surface area contributed by atoms with Crippen molar-refractivity contribution < 1.29 is 13.2 Å². The molecule has 3 nitrogen and oxygen atoms in total. The van der Waals surface area contributed by atoms with E-state index in [0.29, 0.717) is 6.54 Å². The van der Waals surface area contributed by atoms with E-state index in [4.69, 9.17) is 5.73 Å². The van der Waals surface area contributed by atoms with Crippen molar-refractivity contribution in [2.75, 3.05) is 17.6 Å². The molecular weight excluding hydrogens is 219 g/mol. The Balaban J connectivity index is 2.82. The lowest BCUT2D eigenvalue weighted by Crippen LogP contribution is -2.10. The first kappa shape index (κ1) is 12.6. The molecule has 0 amide bonds. The third-order valence-corrected chi connectivity index (χ3v) is 2.01. The van der Waals surface area contributed by atoms with Crippen LogP contribution in [0, 0.1) is 0 Å². The van der Waals surface area contributed by atoms with Gasteiger partial charge in [0.15, 0.2) is 0 Å². The number of aromatic nitrogens is 1. The first-order valence-corrected chi connectivity index (χ1v) is 5.02. The molecule has 3 N–H and O–H groups in total. The molecule has 0 radical (unpaired) electrons. The summed E-state index contributed by atoms with van der Waals surface area (Å²) in [6.07, 6.45) is -2.56. The lowest BCUT2D eigenvalue weighted by atomic mass is 10.2. The highest BCUT2D eigenvalue weighted by Gasteiger charge is 2.31. The zero-order valence-electron chi connectivity index (χ0n) is 8.93. The summed E-state index contributed by atoms with van der Waals surface area (Å²) in [6.45, 7) is 2.58. The lowest BCUT2D eigenvalue weighted by molar-refractivity contribution is -0.137. The summed E-state index contributed by atoms with van der Waals surface area (Å²) in [7, 11) is 0. The number of anilines is 2. The van der Waals surface area contributed by atoms with Crippen molar-refractivity contribution in [2.45, 2.75) is 25.9 Å². The van der Waals surface area contributed by atoms with E-state index in [2.05, 4.69) is 10.3 Å². The van der Waals surface area contributed by atoms with Gasteiger partial charge in [-0.1, -0.05) is 13.3 Å². The molecule has 0 bridgehead atoms. The van der Waals surface area contributed by atoms with E-state index >= 15 is 0 Å². The molecular formula is C10H14F3N3. The molecule has 0 aliphatic carbocycles. The highest BCUT2D eigenvalue weighted by molar-refractivity contribution is 5.47. The molecule has 0 aliphatic rings. The molecule has 0 aromatic carbocycles. The van der Waals surface area contributed by atoms with Gasteiger partial charge in [-0.2, -0.15) is 13.2 Å². The van der Waals surface area contributed by atoms with Gasteiger partial charge in [0.05, 0.1) is 5.56 Å². The minimum Gasteiger partial charge on any atom is -0.384 e. The van der Waals surface area contributed by atoms with Crippen LogP contribution in [-0.4, -0.2) is 11.5 Å². The van der Waals surface area contributed by atoms with E-state index in [0.717, 1.165) is 25.0 Å². The summed E-state index contributed by atoms with van der Waals surface area (Å²) >= 11 is 0. The Kier molecular flexibility index (Phi) is 3.98. The molecule has 0 fully saturated rings. The number of nitrogen functional groups attached to an aromatic ring is 1. The van der Waals surface area contributed by atoms with E-state index in [1.165, 1.54) is 0 Å². The molecule has 90 valence electrons. The van der Waals surface area contributed by atoms with Crippen molar-refractivity contribution in [2.24, 2.45) is 0 Å². The SMILES string of the molecule is CCCCNc1cc(C(F)(F)F)cc(N)n1. The molecule has 0 saturated carbocycles. The van der Waals surface area contributed by atoms with Crippen molar-refractivity contribution in [1.82, 2.24) is 4.98 Å². The predicted molar refractivity (Wildman–Crippen MR) is 57.0 cm³/mol. The Hall–Kier alpha value is -1.46. The van der Waals surface area contributed by atoms with Crippen LogP contribution < -0.4 is 11.1 Å². The summed E-state index contributed by atoms with van der Waals surface area (Å²) in [5.41, 5.74) is 4.53. The van der Waals surface area contributed by atoms with Gasteiger partial charge < -0.3 is 11.1 Å². The highest BCUT2D eigenvalue weighted by atomic mass is 19.4. The first-order chi connectivity index (χ1) is 7.43. The molecule has 6 heteroatoms. The van der Waals surface area contributed by atoms with Crippen molar-refractivity contribution in [3.8, 4) is 0 Å². The van der Waals surface area contributed by atoms with Crippen molar-refractivity contribution >= 4 is 11.6 Å². The smallest absolute Gasteiger partial charge is 0.384 e. The number of nitrogens with two attached hydrogens (primary N) is 1. The van der Waals surface area contributed by atoms with Gasteiger partial charge in [0, 0.05) is 6.54 Å². The highest BCUT2D eigenvalue weighted by Crippen LogP contribution is 2.31. The van der Waals surface area contributed by atoms with E-state index in [1.54, 1.807) is 0 Å². The van der Waals surface area contributed by atoms with Crippen LogP contribution in [0.25, 0.3) is 0 Å². The second-order valence-corrected chi connectivity index (χ2v) is 3.44. The predicted octanol–water partition coefficient (Wildman–Crippen LogP) is 2.89. The summed E-state index contributed by atoms with van der Waals surface area (Å²) in [6, 6.07) is 1.79. The maximum Gasteiger partial charge on any atom is 0.416 e. The fourth-order valence-electron chi connectivity index (χ4n) is 1.20. The monoisotopic (exact) mass is 233 g/mol. The number of nitrogens with zero attached hydrogens (tertiary/aromatic N) is 1. The van der Waals surface area contributed by atoms with Crippen molar-refractivity contribution in [3.63, 3.8) is 0 Å². The van der Waals surface area contributed by atoms with Crippen LogP contribution in [0.15, 0.2) is 12.1 Å². The number of halogens is 3. The van der Waals surface area contributed by atoms with E-state index in [-0.39, 0.29) is 11.6 Å². The summed E-state index contributed by atoms with van der Waals surface area (Å²) in [4.78, 5) is 3.79. The second-order valence-electron chi connectivity index (χ2n) is 3.44. The van der Waals surface area contributed by atoms with Crippen LogP contribution in [0.4, 0.5) is 24.8 Å². The summed E-state index contributed by atoms with van der Waals surface area (Å²) in [5.74, 6) is 0.0367. The number of unbranched alkanes of at least 4 members (excludes halogenated alkanes) is 1. The van der Waals surface area contributed by atoms with Gasteiger partial charge in [0.2, 0.25) is 0 Å². The molecule has 0 unspecified atom stereocenters. The van der Waals surface area contributed by atoms with Gasteiger partial charge in [-0.05, 0) is 18.6 Å². The molecule has 0 spiro atoms. The summed E-state index contributed by atoms with van der Waals surface area (Å²) in [5, 5.41) is 2.81. The van der Waals surface area contributed by atoms with Crippen LogP contribution in [-0.2, 0) is 6.18 Å². The number of hydrogen-bond acceptors (Lipinski definition) is 3. The van der Waals surface area contributed by atoms with Crippen LogP contribution >= 0.6 is 0 Å². The van der Waals surface area contributed by atoms with Gasteiger partial charge >= 0.3 is 6.18 Å². The van der Waals surface area contributed by atoms with Crippen molar-refractivity contribution in [1.29, 1.82) is 0 Å². The van der Waals surface area contributed by atoms with Crippen molar-refractivity contribution in [3.05, 3.63) is 17.7 Å². The number of hydrogen-bond donors (Lipinski definition) is 2. The van der Waals surface area contributed by atoms with E-state index in [9.17, 15) is 13.2 Å².